The largest absolute Gasteiger partial charge is 0.339 e. The van der Waals surface area contributed by atoms with Crippen LogP contribution in [-0.2, 0) is 9.59 Å². The predicted molar refractivity (Wildman–Crippen MR) is 66.3 cm³/mol. The maximum Gasteiger partial charge on any atom is 0.239 e. The Bertz CT molecular complexity index is 302. The van der Waals surface area contributed by atoms with Crippen molar-refractivity contribution in [3.8, 4) is 0 Å². The normalized spacial score (nSPS) is 21.8. The molecular formula is C12H23N3O2. The van der Waals surface area contributed by atoms with Crippen LogP contribution in [0.25, 0.3) is 0 Å². The van der Waals surface area contributed by atoms with Gasteiger partial charge in [-0.2, -0.15) is 0 Å². The van der Waals surface area contributed by atoms with Gasteiger partial charge in [0.2, 0.25) is 11.8 Å². The molecule has 2 N–H and O–H groups in total. The van der Waals surface area contributed by atoms with E-state index in [0.29, 0.717) is 13.1 Å². The van der Waals surface area contributed by atoms with E-state index in [1.54, 1.807) is 18.7 Å². The zero-order chi connectivity index (χ0) is 13.2. The fourth-order valence-electron chi connectivity index (χ4n) is 2.50. The average Bonchev–Trinajstić information content (AvgIpc) is 2.64. The van der Waals surface area contributed by atoms with Gasteiger partial charge in [-0.05, 0) is 27.2 Å². The van der Waals surface area contributed by atoms with Crippen LogP contribution in [0.3, 0.4) is 0 Å². The number of nitrogens with zero attached hydrogens (tertiary/aromatic N) is 2. The van der Waals surface area contributed by atoms with Gasteiger partial charge < -0.3 is 15.5 Å². The third-order valence-electron chi connectivity index (χ3n) is 3.18. The molecule has 0 aromatic rings. The Labute approximate surface area is 103 Å². The van der Waals surface area contributed by atoms with Crippen molar-refractivity contribution in [1.82, 2.24) is 9.80 Å². The zero-order valence-electron chi connectivity index (χ0n) is 11.1. The van der Waals surface area contributed by atoms with Crippen molar-refractivity contribution in [3.05, 3.63) is 0 Å². The molecule has 5 heteroatoms. The zero-order valence-corrected chi connectivity index (χ0v) is 11.1. The first kappa shape index (κ1) is 14.0. The molecule has 98 valence electrons. The highest BCUT2D eigenvalue weighted by Crippen LogP contribution is 2.18. The summed E-state index contributed by atoms with van der Waals surface area (Å²) in [6.07, 6.45) is 0.843. The second-order valence-electron chi connectivity index (χ2n) is 5.04. The first-order chi connectivity index (χ1) is 7.84. The number of carbonyl (C=O) groups excluding carboxylic acids is 2. The minimum Gasteiger partial charge on any atom is -0.339 e. The maximum absolute atomic E-state index is 11.8. The van der Waals surface area contributed by atoms with E-state index in [-0.39, 0.29) is 23.9 Å². The summed E-state index contributed by atoms with van der Waals surface area (Å²) in [4.78, 5) is 26.9. The van der Waals surface area contributed by atoms with Crippen molar-refractivity contribution in [2.24, 2.45) is 5.73 Å². The Hall–Kier alpha value is -1.10. The van der Waals surface area contributed by atoms with Gasteiger partial charge in [0.15, 0.2) is 0 Å². The number of nitrogens with two attached hydrogens (primary N) is 1. The molecular weight excluding hydrogens is 218 g/mol. The topological polar surface area (TPSA) is 66.6 Å². The standard InChI is InChI=1S/C12H23N3O2/c1-8(2)15(10(4)16)11-5-6-14(7-11)12(17)9(3)13/h8-9,11H,5-7,13H2,1-4H3/t9-,11+/m0/s1. The summed E-state index contributed by atoms with van der Waals surface area (Å²) in [6, 6.07) is -0.156. The van der Waals surface area contributed by atoms with Crippen LogP contribution in [0.2, 0.25) is 0 Å². The van der Waals surface area contributed by atoms with Gasteiger partial charge in [-0.15, -0.1) is 0 Å². The van der Waals surface area contributed by atoms with Gasteiger partial charge >= 0.3 is 0 Å². The molecule has 2 atom stereocenters. The van der Waals surface area contributed by atoms with Crippen molar-refractivity contribution in [1.29, 1.82) is 0 Å². The Morgan fingerprint density at radius 2 is 1.94 bits per heavy atom. The molecule has 1 saturated heterocycles. The van der Waals surface area contributed by atoms with Gasteiger partial charge in [0.05, 0.1) is 12.1 Å². The van der Waals surface area contributed by atoms with Crippen LogP contribution in [-0.4, -0.2) is 52.8 Å². The molecule has 1 fully saturated rings. The highest BCUT2D eigenvalue weighted by Gasteiger charge is 2.33. The lowest BCUT2D eigenvalue weighted by molar-refractivity contribution is -0.135. The molecule has 5 nitrogen and oxygen atoms in total. The Kier molecular flexibility index (Phi) is 4.51. The first-order valence-electron chi connectivity index (χ1n) is 6.17. The number of hydrogen-bond acceptors (Lipinski definition) is 3. The molecule has 2 amide bonds. The fraction of sp³-hybridized carbons (Fsp3) is 0.833. The summed E-state index contributed by atoms with van der Waals surface area (Å²) in [7, 11) is 0. The summed E-state index contributed by atoms with van der Waals surface area (Å²) in [5.41, 5.74) is 5.59. The van der Waals surface area contributed by atoms with E-state index in [4.69, 9.17) is 5.73 Å². The highest BCUT2D eigenvalue weighted by molar-refractivity contribution is 5.81. The van der Waals surface area contributed by atoms with Gasteiger partial charge in [-0.25, -0.2) is 0 Å². The summed E-state index contributed by atoms with van der Waals surface area (Å²) in [5, 5.41) is 0. The summed E-state index contributed by atoms with van der Waals surface area (Å²) >= 11 is 0. The van der Waals surface area contributed by atoms with Crippen LogP contribution in [0.15, 0.2) is 0 Å². The monoisotopic (exact) mass is 241 g/mol. The molecule has 1 heterocycles. The van der Waals surface area contributed by atoms with Crippen molar-refractivity contribution < 1.29 is 9.59 Å². The number of rotatable bonds is 3. The minimum absolute atomic E-state index is 0.0280. The number of carbonyl (C=O) groups is 2. The molecule has 1 rings (SSSR count). The van der Waals surface area contributed by atoms with Crippen molar-refractivity contribution in [2.45, 2.75) is 52.2 Å². The lowest BCUT2D eigenvalue weighted by Gasteiger charge is -2.31. The Morgan fingerprint density at radius 3 is 2.35 bits per heavy atom. The molecule has 0 aliphatic carbocycles. The van der Waals surface area contributed by atoms with E-state index < -0.39 is 6.04 Å². The third kappa shape index (κ3) is 3.19. The molecule has 0 aromatic heterocycles. The van der Waals surface area contributed by atoms with E-state index in [1.807, 2.05) is 18.7 Å². The lowest BCUT2D eigenvalue weighted by Crippen LogP contribution is -2.47. The van der Waals surface area contributed by atoms with Gasteiger partial charge in [-0.1, -0.05) is 0 Å². The maximum atomic E-state index is 11.8. The number of likely N-dealkylation sites (tertiary alicyclic amines) is 1. The second kappa shape index (κ2) is 5.49. The molecule has 0 bridgehead atoms. The van der Waals surface area contributed by atoms with Crippen molar-refractivity contribution in [3.63, 3.8) is 0 Å². The number of amides is 2. The molecule has 1 aliphatic heterocycles. The van der Waals surface area contributed by atoms with Gasteiger partial charge in [-0.3, -0.25) is 9.59 Å². The smallest absolute Gasteiger partial charge is 0.239 e. The third-order valence-corrected chi connectivity index (χ3v) is 3.18. The van der Waals surface area contributed by atoms with E-state index in [9.17, 15) is 9.59 Å². The molecule has 0 aromatic carbocycles. The van der Waals surface area contributed by atoms with Gasteiger partial charge in [0, 0.05) is 26.1 Å². The fourth-order valence-corrected chi connectivity index (χ4v) is 2.50. The Balaban J connectivity index is 2.66. The van der Waals surface area contributed by atoms with E-state index >= 15 is 0 Å². The van der Waals surface area contributed by atoms with Crippen LogP contribution in [0.1, 0.15) is 34.1 Å². The van der Waals surface area contributed by atoms with Crippen molar-refractivity contribution >= 4 is 11.8 Å². The summed E-state index contributed by atoms with van der Waals surface area (Å²) < 4.78 is 0. The summed E-state index contributed by atoms with van der Waals surface area (Å²) in [6.45, 7) is 8.57. The molecule has 0 saturated carbocycles. The van der Waals surface area contributed by atoms with Crippen LogP contribution >= 0.6 is 0 Å². The van der Waals surface area contributed by atoms with Gasteiger partial charge in [0.1, 0.15) is 0 Å². The van der Waals surface area contributed by atoms with E-state index in [0.717, 1.165) is 6.42 Å². The van der Waals surface area contributed by atoms with E-state index in [2.05, 4.69) is 0 Å². The first-order valence-corrected chi connectivity index (χ1v) is 6.17. The van der Waals surface area contributed by atoms with Crippen LogP contribution in [0.5, 0.6) is 0 Å². The second-order valence-corrected chi connectivity index (χ2v) is 5.04. The Morgan fingerprint density at radius 1 is 1.35 bits per heavy atom. The molecule has 0 spiro atoms. The molecule has 17 heavy (non-hydrogen) atoms. The SMILES string of the molecule is CC(=O)N(C(C)C)[C@@H]1CCN(C(=O)[C@H](C)N)C1. The molecule has 0 unspecified atom stereocenters. The predicted octanol–water partition coefficient (Wildman–Crippen LogP) is 0.191. The van der Waals surface area contributed by atoms with E-state index in [1.165, 1.54) is 0 Å². The summed E-state index contributed by atoms with van der Waals surface area (Å²) in [5.74, 6) is 0.0415. The lowest BCUT2D eigenvalue weighted by atomic mass is 10.1. The van der Waals surface area contributed by atoms with Crippen LogP contribution < -0.4 is 5.73 Å². The van der Waals surface area contributed by atoms with Crippen LogP contribution in [0.4, 0.5) is 0 Å². The highest BCUT2D eigenvalue weighted by atomic mass is 16.2. The average molecular weight is 241 g/mol. The van der Waals surface area contributed by atoms with Crippen LogP contribution in [0, 0.1) is 0 Å². The molecule has 1 aliphatic rings. The minimum atomic E-state index is -0.460. The molecule has 0 radical (unpaired) electrons. The quantitative estimate of drug-likeness (QED) is 0.767. The van der Waals surface area contributed by atoms with Crippen molar-refractivity contribution in [2.75, 3.05) is 13.1 Å². The van der Waals surface area contributed by atoms with Gasteiger partial charge in [0.25, 0.3) is 0 Å². The number of hydrogen-bond donors (Lipinski definition) is 1.